The van der Waals surface area contributed by atoms with E-state index in [0.29, 0.717) is 17.7 Å². The fourth-order valence-electron chi connectivity index (χ4n) is 2.23. The molecule has 2 rings (SSSR count). The van der Waals surface area contributed by atoms with Gasteiger partial charge in [0, 0.05) is 13.0 Å². The number of carbonyl (C=O) groups excluding carboxylic acids is 2. The second-order valence-electron chi connectivity index (χ2n) is 5.03. The first-order valence-electron chi connectivity index (χ1n) is 6.97. The SMILES string of the molecule is O=C(CCNC(=O)c1cccs1)NC1(C(=O)O)CCSCC1. The summed E-state index contributed by atoms with van der Waals surface area (Å²) in [4.78, 5) is 35.7. The summed E-state index contributed by atoms with van der Waals surface area (Å²) in [5.74, 6) is -0.0991. The summed E-state index contributed by atoms with van der Waals surface area (Å²) < 4.78 is 0. The Balaban J connectivity index is 1.79. The van der Waals surface area contributed by atoms with E-state index >= 15 is 0 Å². The summed E-state index contributed by atoms with van der Waals surface area (Å²) in [7, 11) is 0. The van der Waals surface area contributed by atoms with Crippen LogP contribution in [0.5, 0.6) is 0 Å². The zero-order chi connectivity index (χ0) is 16.0. The van der Waals surface area contributed by atoms with Crippen LogP contribution in [-0.2, 0) is 9.59 Å². The van der Waals surface area contributed by atoms with Gasteiger partial charge in [0.25, 0.3) is 5.91 Å². The summed E-state index contributed by atoms with van der Waals surface area (Å²) in [5, 5.41) is 16.5. The Morgan fingerprint density at radius 3 is 2.59 bits per heavy atom. The van der Waals surface area contributed by atoms with Gasteiger partial charge in [0.2, 0.25) is 5.91 Å². The molecule has 0 spiro atoms. The molecule has 1 fully saturated rings. The maximum absolute atomic E-state index is 12.0. The van der Waals surface area contributed by atoms with Gasteiger partial charge >= 0.3 is 5.97 Å². The normalized spacial score (nSPS) is 16.7. The monoisotopic (exact) mass is 342 g/mol. The van der Waals surface area contributed by atoms with Crippen molar-refractivity contribution in [1.82, 2.24) is 10.6 Å². The first kappa shape index (κ1) is 16.8. The second-order valence-corrected chi connectivity index (χ2v) is 7.20. The van der Waals surface area contributed by atoms with Crippen LogP contribution in [0.1, 0.15) is 28.9 Å². The molecule has 120 valence electrons. The number of hydrogen-bond donors (Lipinski definition) is 3. The minimum atomic E-state index is -1.15. The number of carboxylic acids is 1. The summed E-state index contributed by atoms with van der Waals surface area (Å²) in [6, 6.07) is 3.49. The van der Waals surface area contributed by atoms with E-state index in [0.717, 1.165) is 11.5 Å². The molecular formula is C14H18N2O4S2. The number of rotatable bonds is 6. The second kappa shape index (κ2) is 7.64. The zero-order valence-corrected chi connectivity index (χ0v) is 13.6. The maximum atomic E-state index is 12.0. The van der Waals surface area contributed by atoms with Crippen LogP contribution in [0.2, 0.25) is 0 Å². The van der Waals surface area contributed by atoms with Gasteiger partial charge in [-0.2, -0.15) is 11.8 Å². The van der Waals surface area contributed by atoms with Crippen LogP contribution in [0.15, 0.2) is 17.5 Å². The minimum Gasteiger partial charge on any atom is -0.480 e. The predicted molar refractivity (Wildman–Crippen MR) is 86.3 cm³/mol. The lowest BCUT2D eigenvalue weighted by atomic mass is 9.92. The molecule has 1 aromatic heterocycles. The van der Waals surface area contributed by atoms with Crippen LogP contribution in [0, 0.1) is 0 Å². The van der Waals surface area contributed by atoms with Gasteiger partial charge < -0.3 is 15.7 Å². The highest BCUT2D eigenvalue weighted by Crippen LogP contribution is 2.27. The van der Waals surface area contributed by atoms with Crippen molar-refractivity contribution in [2.24, 2.45) is 0 Å². The van der Waals surface area contributed by atoms with E-state index in [4.69, 9.17) is 0 Å². The zero-order valence-electron chi connectivity index (χ0n) is 12.0. The van der Waals surface area contributed by atoms with E-state index < -0.39 is 11.5 Å². The molecule has 0 radical (unpaired) electrons. The van der Waals surface area contributed by atoms with E-state index in [-0.39, 0.29) is 24.8 Å². The molecule has 8 heteroatoms. The molecule has 1 aliphatic rings. The number of hydrogen-bond acceptors (Lipinski definition) is 5. The van der Waals surface area contributed by atoms with Crippen molar-refractivity contribution in [3.8, 4) is 0 Å². The summed E-state index contributed by atoms with van der Waals surface area (Å²) in [5.41, 5.74) is -1.15. The van der Waals surface area contributed by atoms with E-state index in [2.05, 4.69) is 10.6 Å². The average molecular weight is 342 g/mol. The quantitative estimate of drug-likeness (QED) is 0.725. The summed E-state index contributed by atoms with van der Waals surface area (Å²) in [6.07, 6.45) is 0.930. The third-order valence-electron chi connectivity index (χ3n) is 3.52. The predicted octanol–water partition coefficient (Wildman–Crippen LogP) is 1.33. The highest BCUT2D eigenvalue weighted by Gasteiger charge is 2.41. The Morgan fingerprint density at radius 1 is 1.27 bits per heavy atom. The lowest BCUT2D eigenvalue weighted by Crippen LogP contribution is -2.56. The molecule has 1 aliphatic heterocycles. The number of carbonyl (C=O) groups is 3. The molecule has 0 unspecified atom stereocenters. The maximum Gasteiger partial charge on any atom is 0.329 e. The van der Waals surface area contributed by atoms with Gasteiger partial charge in [-0.15, -0.1) is 11.3 Å². The Kier molecular flexibility index (Phi) is 5.84. The van der Waals surface area contributed by atoms with Crippen LogP contribution in [0.25, 0.3) is 0 Å². The highest BCUT2D eigenvalue weighted by molar-refractivity contribution is 7.99. The topological polar surface area (TPSA) is 95.5 Å². The first-order chi connectivity index (χ1) is 10.5. The molecule has 0 aliphatic carbocycles. The van der Waals surface area contributed by atoms with E-state index in [1.54, 1.807) is 29.3 Å². The van der Waals surface area contributed by atoms with Crippen LogP contribution < -0.4 is 10.6 Å². The molecule has 3 N–H and O–H groups in total. The molecular weight excluding hydrogens is 324 g/mol. The van der Waals surface area contributed by atoms with Gasteiger partial charge in [-0.3, -0.25) is 9.59 Å². The molecule has 2 heterocycles. The van der Waals surface area contributed by atoms with Gasteiger partial charge in [0.1, 0.15) is 5.54 Å². The first-order valence-corrected chi connectivity index (χ1v) is 9.01. The standard InChI is InChI=1S/C14H18N2O4S2/c17-11(3-6-15-12(18)10-2-1-7-22-10)16-14(13(19)20)4-8-21-9-5-14/h1-2,7H,3-6,8-9H2,(H,15,18)(H,16,17)(H,19,20). The lowest BCUT2D eigenvalue weighted by Gasteiger charge is -2.33. The van der Waals surface area contributed by atoms with Gasteiger partial charge in [-0.1, -0.05) is 6.07 Å². The molecule has 1 saturated heterocycles. The third-order valence-corrected chi connectivity index (χ3v) is 5.37. The smallest absolute Gasteiger partial charge is 0.329 e. The molecule has 6 nitrogen and oxygen atoms in total. The van der Waals surface area contributed by atoms with Crippen LogP contribution in [-0.4, -0.2) is 46.5 Å². The third kappa shape index (κ3) is 4.23. The number of amides is 2. The minimum absolute atomic E-state index is 0.0687. The van der Waals surface area contributed by atoms with Crippen molar-refractivity contribution in [3.63, 3.8) is 0 Å². The van der Waals surface area contributed by atoms with Crippen LogP contribution >= 0.6 is 23.1 Å². The molecule has 1 aromatic rings. The Labute approximate surface area is 136 Å². The molecule has 0 aromatic carbocycles. The average Bonchev–Trinajstić information content (AvgIpc) is 3.02. The number of nitrogens with one attached hydrogen (secondary N) is 2. The van der Waals surface area contributed by atoms with E-state index in [1.165, 1.54) is 11.3 Å². The molecule has 2 amide bonds. The Bertz CT molecular complexity index is 539. The van der Waals surface area contributed by atoms with Gasteiger partial charge in [0.05, 0.1) is 4.88 Å². The van der Waals surface area contributed by atoms with E-state index in [9.17, 15) is 19.5 Å². The van der Waals surface area contributed by atoms with Crippen molar-refractivity contribution in [3.05, 3.63) is 22.4 Å². The highest BCUT2D eigenvalue weighted by atomic mass is 32.2. The van der Waals surface area contributed by atoms with Gasteiger partial charge in [-0.05, 0) is 35.8 Å². The molecule has 0 saturated carbocycles. The van der Waals surface area contributed by atoms with Gasteiger partial charge in [-0.25, -0.2) is 4.79 Å². The summed E-state index contributed by atoms with van der Waals surface area (Å²) in [6.45, 7) is 0.188. The van der Waals surface area contributed by atoms with Crippen molar-refractivity contribution < 1.29 is 19.5 Å². The van der Waals surface area contributed by atoms with Crippen LogP contribution in [0.4, 0.5) is 0 Å². The largest absolute Gasteiger partial charge is 0.480 e. The molecule has 22 heavy (non-hydrogen) atoms. The molecule has 0 atom stereocenters. The van der Waals surface area contributed by atoms with Gasteiger partial charge in [0.15, 0.2) is 0 Å². The number of thioether (sulfide) groups is 1. The lowest BCUT2D eigenvalue weighted by molar-refractivity contribution is -0.148. The number of thiophene rings is 1. The summed E-state index contributed by atoms with van der Waals surface area (Å²) >= 11 is 3.02. The van der Waals surface area contributed by atoms with E-state index in [1.807, 2.05) is 0 Å². The van der Waals surface area contributed by atoms with Crippen molar-refractivity contribution >= 4 is 40.9 Å². The van der Waals surface area contributed by atoms with Crippen molar-refractivity contribution in [2.75, 3.05) is 18.1 Å². The molecule has 0 bridgehead atoms. The number of aliphatic carboxylic acids is 1. The Hall–Kier alpha value is -1.54. The van der Waals surface area contributed by atoms with Crippen molar-refractivity contribution in [1.29, 1.82) is 0 Å². The Morgan fingerprint density at radius 2 is 2.00 bits per heavy atom. The van der Waals surface area contributed by atoms with Crippen LogP contribution in [0.3, 0.4) is 0 Å². The fraction of sp³-hybridized carbons (Fsp3) is 0.500. The van der Waals surface area contributed by atoms with Crippen molar-refractivity contribution in [2.45, 2.75) is 24.8 Å². The number of carboxylic acid groups (broad SMARTS) is 1. The fourth-order valence-corrected chi connectivity index (χ4v) is 4.06.